The quantitative estimate of drug-likeness (QED) is 0.809. The van der Waals surface area contributed by atoms with Gasteiger partial charge in [-0.25, -0.2) is 8.42 Å². The standard InChI is InChI=1S/C13H26N2O2S/c1-2-18(16,17)10-4-8-15-9-6-13-12(11-15)5-3-7-14-13/h12-14H,2-11H2,1H3. The second-order valence-corrected chi connectivity index (χ2v) is 8.11. The van der Waals surface area contributed by atoms with Crippen molar-refractivity contribution < 1.29 is 8.42 Å². The number of hydrogen-bond donors (Lipinski definition) is 1. The lowest BCUT2D eigenvalue weighted by atomic mass is 9.85. The zero-order valence-electron chi connectivity index (χ0n) is 11.4. The molecule has 2 fully saturated rings. The van der Waals surface area contributed by atoms with Crippen LogP contribution >= 0.6 is 0 Å². The van der Waals surface area contributed by atoms with E-state index in [9.17, 15) is 8.42 Å². The van der Waals surface area contributed by atoms with Gasteiger partial charge >= 0.3 is 0 Å². The van der Waals surface area contributed by atoms with Crippen molar-refractivity contribution in [3.8, 4) is 0 Å². The molecule has 2 heterocycles. The fourth-order valence-electron chi connectivity index (χ4n) is 3.18. The molecule has 5 heteroatoms. The number of rotatable bonds is 5. The highest BCUT2D eigenvalue weighted by molar-refractivity contribution is 7.91. The molecule has 0 amide bonds. The third-order valence-electron chi connectivity index (χ3n) is 4.35. The van der Waals surface area contributed by atoms with E-state index in [1.54, 1.807) is 6.92 Å². The molecule has 0 aromatic carbocycles. The van der Waals surface area contributed by atoms with Gasteiger partial charge in [0.15, 0.2) is 0 Å². The molecular weight excluding hydrogens is 248 g/mol. The Labute approximate surface area is 111 Å². The largest absolute Gasteiger partial charge is 0.314 e. The monoisotopic (exact) mass is 274 g/mol. The van der Waals surface area contributed by atoms with Crippen molar-refractivity contribution in [1.29, 1.82) is 0 Å². The summed E-state index contributed by atoms with van der Waals surface area (Å²) < 4.78 is 22.9. The molecule has 0 spiro atoms. The number of sulfone groups is 1. The predicted octanol–water partition coefficient (Wildman–Crippen LogP) is 0.885. The Morgan fingerprint density at radius 1 is 1.33 bits per heavy atom. The third-order valence-corrected chi connectivity index (χ3v) is 6.14. The molecule has 1 N–H and O–H groups in total. The average Bonchev–Trinajstić information content (AvgIpc) is 2.38. The van der Waals surface area contributed by atoms with Gasteiger partial charge in [-0.05, 0) is 51.2 Å². The van der Waals surface area contributed by atoms with Crippen LogP contribution in [0.2, 0.25) is 0 Å². The van der Waals surface area contributed by atoms with Gasteiger partial charge in [0.05, 0.1) is 5.75 Å². The molecule has 0 saturated carbocycles. The molecule has 2 aliphatic heterocycles. The lowest BCUT2D eigenvalue weighted by Crippen LogP contribution is -2.52. The Balaban J connectivity index is 1.71. The third kappa shape index (κ3) is 3.93. The highest BCUT2D eigenvalue weighted by atomic mass is 32.2. The van der Waals surface area contributed by atoms with Crippen molar-refractivity contribution >= 4 is 9.84 Å². The molecule has 2 rings (SSSR count). The van der Waals surface area contributed by atoms with Gasteiger partial charge in [-0.3, -0.25) is 0 Å². The van der Waals surface area contributed by atoms with Gasteiger partial charge in [0.2, 0.25) is 0 Å². The van der Waals surface area contributed by atoms with Crippen LogP contribution in [0.3, 0.4) is 0 Å². The summed E-state index contributed by atoms with van der Waals surface area (Å²) >= 11 is 0. The molecule has 0 radical (unpaired) electrons. The number of nitrogens with zero attached hydrogens (tertiary/aromatic N) is 1. The van der Waals surface area contributed by atoms with Gasteiger partial charge in [-0.1, -0.05) is 6.92 Å². The van der Waals surface area contributed by atoms with Gasteiger partial charge in [0, 0.05) is 18.3 Å². The number of fused-ring (bicyclic) bond motifs is 1. The molecule has 2 unspecified atom stereocenters. The molecule has 0 aromatic rings. The van der Waals surface area contributed by atoms with E-state index in [0.29, 0.717) is 5.75 Å². The Morgan fingerprint density at radius 3 is 2.94 bits per heavy atom. The summed E-state index contributed by atoms with van der Waals surface area (Å²) in [5.41, 5.74) is 0. The van der Waals surface area contributed by atoms with Crippen molar-refractivity contribution in [2.24, 2.45) is 5.92 Å². The molecule has 0 aromatic heterocycles. The van der Waals surface area contributed by atoms with E-state index in [0.717, 1.165) is 38.0 Å². The highest BCUT2D eigenvalue weighted by Gasteiger charge is 2.30. The second-order valence-electron chi connectivity index (χ2n) is 5.64. The van der Waals surface area contributed by atoms with E-state index in [4.69, 9.17) is 0 Å². The number of hydrogen-bond acceptors (Lipinski definition) is 4. The van der Waals surface area contributed by atoms with Gasteiger partial charge < -0.3 is 10.2 Å². The summed E-state index contributed by atoms with van der Waals surface area (Å²) in [5, 5.41) is 3.61. The molecule has 0 aliphatic carbocycles. The van der Waals surface area contributed by atoms with E-state index < -0.39 is 9.84 Å². The minimum Gasteiger partial charge on any atom is -0.314 e. The van der Waals surface area contributed by atoms with Crippen LogP contribution in [0.25, 0.3) is 0 Å². The van der Waals surface area contributed by atoms with E-state index in [-0.39, 0.29) is 5.75 Å². The zero-order valence-corrected chi connectivity index (χ0v) is 12.2. The number of piperidine rings is 2. The first-order valence-corrected chi connectivity index (χ1v) is 9.09. The minimum absolute atomic E-state index is 0.279. The molecule has 18 heavy (non-hydrogen) atoms. The minimum atomic E-state index is -2.78. The van der Waals surface area contributed by atoms with Gasteiger partial charge in [-0.2, -0.15) is 0 Å². The Morgan fingerprint density at radius 2 is 2.17 bits per heavy atom. The van der Waals surface area contributed by atoms with E-state index in [2.05, 4.69) is 10.2 Å². The van der Waals surface area contributed by atoms with Crippen molar-refractivity contribution in [1.82, 2.24) is 10.2 Å². The van der Waals surface area contributed by atoms with Crippen molar-refractivity contribution in [2.45, 2.75) is 38.6 Å². The van der Waals surface area contributed by atoms with E-state index in [1.807, 2.05) is 0 Å². The topological polar surface area (TPSA) is 49.4 Å². The van der Waals surface area contributed by atoms with Gasteiger partial charge in [0.1, 0.15) is 9.84 Å². The van der Waals surface area contributed by atoms with Crippen LogP contribution in [-0.4, -0.2) is 57.0 Å². The maximum Gasteiger partial charge on any atom is 0.150 e. The van der Waals surface area contributed by atoms with Crippen LogP contribution in [-0.2, 0) is 9.84 Å². The highest BCUT2D eigenvalue weighted by Crippen LogP contribution is 2.24. The van der Waals surface area contributed by atoms with E-state index in [1.165, 1.54) is 25.8 Å². The zero-order chi connectivity index (χ0) is 13.0. The van der Waals surface area contributed by atoms with Crippen LogP contribution in [0.1, 0.15) is 32.6 Å². The first-order valence-electron chi connectivity index (χ1n) is 7.27. The van der Waals surface area contributed by atoms with Crippen molar-refractivity contribution in [2.75, 3.05) is 37.7 Å². The van der Waals surface area contributed by atoms with Gasteiger partial charge in [0.25, 0.3) is 0 Å². The number of likely N-dealkylation sites (tertiary alicyclic amines) is 1. The fourth-order valence-corrected chi connectivity index (χ4v) is 4.03. The summed E-state index contributed by atoms with van der Waals surface area (Å²) in [7, 11) is -2.78. The van der Waals surface area contributed by atoms with Crippen molar-refractivity contribution in [3.05, 3.63) is 0 Å². The Hall–Kier alpha value is -0.130. The number of nitrogens with one attached hydrogen (secondary N) is 1. The first kappa shape index (κ1) is 14.3. The van der Waals surface area contributed by atoms with Gasteiger partial charge in [-0.15, -0.1) is 0 Å². The van der Waals surface area contributed by atoms with Crippen LogP contribution in [0.4, 0.5) is 0 Å². The molecule has 0 bridgehead atoms. The maximum absolute atomic E-state index is 11.4. The Kier molecular flexibility index (Phi) is 5.04. The SMILES string of the molecule is CCS(=O)(=O)CCCN1CCC2NCCCC2C1. The Bertz CT molecular complexity index is 356. The van der Waals surface area contributed by atoms with Crippen LogP contribution < -0.4 is 5.32 Å². The normalized spacial score (nSPS) is 30.1. The van der Waals surface area contributed by atoms with Crippen molar-refractivity contribution in [3.63, 3.8) is 0 Å². The molecule has 2 atom stereocenters. The lowest BCUT2D eigenvalue weighted by molar-refractivity contribution is 0.114. The summed E-state index contributed by atoms with van der Waals surface area (Å²) in [4.78, 5) is 2.46. The predicted molar refractivity (Wildman–Crippen MR) is 74.5 cm³/mol. The van der Waals surface area contributed by atoms with E-state index >= 15 is 0 Å². The fraction of sp³-hybridized carbons (Fsp3) is 1.00. The summed E-state index contributed by atoms with van der Waals surface area (Å²) in [5.74, 6) is 1.42. The van der Waals surface area contributed by atoms with Crippen LogP contribution in [0, 0.1) is 5.92 Å². The maximum atomic E-state index is 11.4. The summed E-state index contributed by atoms with van der Waals surface area (Å²) in [6, 6.07) is 0.717. The van der Waals surface area contributed by atoms with Crippen LogP contribution in [0.5, 0.6) is 0 Å². The summed E-state index contributed by atoms with van der Waals surface area (Å²) in [6.45, 7) is 6.14. The second kappa shape index (κ2) is 6.35. The molecule has 106 valence electrons. The van der Waals surface area contributed by atoms with Crippen LogP contribution in [0.15, 0.2) is 0 Å². The smallest absolute Gasteiger partial charge is 0.150 e. The molecule has 2 saturated heterocycles. The molecule has 2 aliphatic rings. The molecular formula is C13H26N2O2S. The summed E-state index contributed by atoms with van der Waals surface area (Å²) in [6.07, 6.45) is 4.65. The lowest BCUT2D eigenvalue weighted by Gasteiger charge is -2.41. The molecule has 4 nitrogen and oxygen atoms in total. The first-order chi connectivity index (χ1) is 8.61. The average molecular weight is 274 g/mol.